The smallest absolute Gasteiger partial charge is 0.409 e. The third-order valence-electron chi connectivity index (χ3n) is 3.99. The fraction of sp³-hybridized carbons (Fsp3) is 0.600. The highest BCUT2D eigenvalue weighted by atomic mass is 79.9. The summed E-state index contributed by atoms with van der Waals surface area (Å²) in [6.07, 6.45) is -0.108. The lowest BCUT2D eigenvalue weighted by Crippen LogP contribution is -2.56. The van der Waals surface area contributed by atoms with Crippen LogP contribution >= 0.6 is 27.5 Å². The molecule has 1 aromatic rings. The second-order valence-electron chi connectivity index (χ2n) is 5.54. The number of carbonyl (C=O) groups excluding carboxylic acids is 2. The summed E-state index contributed by atoms with van der Waals surface area (Å²) in [6, 6.07) is -0.216. The van der Waals surface area contributed by atoms with Crippen molar-refractivity contribution in [3.63, 3.8) is 0 Å². The summed E-state index contributed by atoms with van der Waals surface area (Å²) >= 11 is 9.49. The van der Waals surface area contributed by atoms with E-state index in [0.29, 0.717) is 41.3 Å². The van der Waals surface area contributed by atoms with Crippen LogP contribution in [0.2, 0.25) is 5.02 Å². The van der Waals surface area contributed by atoms with E-state index in [9.17, 15) is 9.59 Å². The number of aromatic amines is 1. The van der Waals surface area contributed by atoms with E-state index in [1.54, 1.807) is 18.9 Å². The molecule has 0 aliphatic carbocycles. The van der Waals surface area contributed by atoms with Crippen molar-refractivity contribution >= 4 is 39.5 Å². The van der Waals surface area contributed by atoms with Crippen LogP contribution in [0.5, 0.6) is 0 Å². The Balaban J connectivity index is 2.03. The first-order chi connectivity index (χ1) is 11.4. The van der Waals surface area contributed by atoms with Gasteiger partial charge >= 0.3 is 6.09 Å². The summed E-state index contributed by atoms with van der Waals surface area (Å²) in [5, 5.41) is 3.28. The van der Waals surface area contributed by atoms with Crippen LogP contribution in [-0.2, 0) is 9.47 Å². The largest absolute Gasteiger partial charge is 0.450 e. The minimum absolute atomic E-state index is 0.216. The van der Waals surface area contributed by atoms with Gasteiger partial charge < -0.3 is 24.7 Å². The highest BCUT2D eigenvalue weighted by Crippen LogP contribution is 2.29. The molecule has 2 unspecified atom stereocenters. The number of nitrogens with one attached hydrogen (secondary N) is 2. The lowest BCUT2D eigenvalue weighted by atomic mass is 10.0. The number of likely N-dealkylation sites (tertiary alicyclic amines) is 1. The maximum absolute atomic E-state index is 12.5. The topological polar surface area (TPSA) is 83.7 Å². The molecule has 2 amide bonds. The van der Waals surface area contributed by atoms with E-state index in [-0.39, 0.29) is 24.1 Å². The van der Waals surface area contributed by atoms with E-state index in [0.717, 1.165) is 5.69 Å². The minimum Gasteiger partial charge on any atom is -0.450 e. The van der Waals surface area contributed by atoms with Gasteiger partial charge in [-0.05, 0) is 36.2 Å². The van der Waals surface area contributed by atoms with Crippen LogP contribution in [0.1, 0.15) is 29.5 Å². The zero-order valence-corrected chi connectivity index (χ0v) is 16.2. The summed E-state index contributed by atoms with van der Waals surface area (Å²) in [4.78, 5) is 28.8. The van der Waals surface area contributed by atoms with Gasteiger partial charge in [-0.2, -0.15) is 0 Å². The molecule has 1 aliphatic rings. The summed E-state index contributed by atoms with van der Waals surface area (Å²) in [5.41, 5.74) is 1.09. The number of methoxy groups -OCH3 is 1. The number of amides is 2. The number of ether oxygens (including phenoxy) is 2. The summed E-state index contributed by atoms with van der Waals surface area (Å²) in [5.74, 6) is -0.301. The van der Waals surface area contributed by atoms with Gasteiger partial charge in [-0.1, -0.05) is 11.6 Å². The molecule has 2 atom stereocenters. The van der Waals surface area contributed by atoms with Crippen molar-refractivity contribution in [2.45, 2.75) is 32.4 Å². The van der Waals surface area contributed by atoms with E-state index < -0.39 is 0 Å². The van der Waals surface area contributed by atoms with Gasteiger partial charge in [0.2, 0.25) is 0 Å². The second kappa shape index (κ2) is 8.22. The van der Waals surface area contributed by atoms with Crippen molar-refractivity contribution in [2.24, 2.45) is 0 Å². The minimum atomic E-state index is -0.365. The fourth-order valence-corrected chi connectivity index (χ4v) is 3.24. The van der Waals surface area contributed by atoms with Crippen LogP contribution in [0.15, 0.2) is 4.47 Å². The van der Waals surface area contributed by atoms with Gasteiger partial charge in [0, 0.05) is 19.3 Å². The van der Waals surface area contributed by atoms with Crippen molar-refractivity contribution in [3.8, 4) is 0 Å². The summed E-state index contributed by atoms with van der Waals surface area (Å²) in [7, 11) is 1.56. The van der Waals surface area contributed by atoms with Crippen LogP contribution in [0.25, 0.3) is 0 Å². The lowest BCUT2D eigenvalue weighted by molar-refractivity contribution is 0.00450. The van der Waals surface area contributed by atoms with E-state index in [1.165, 1.54) is 0 Å². The number of nitrogens with zero attached hydrogens (tertiary/aromatic N) is 1. The number of aromatic nitrogens is 1. The Bertz CT molecular complexity index is 622. The Morgan fingerprint density at radius 1 is 1.50 bits per heavy atom. The first kappa shape index (κ1) is 19.1. The van der Waals surface area contributed by atoms with Crippen LogP contribution < -0.4 is 5.32 Å². The first-order valence-corrected chi connectivity index (χ1v) is 8.85. The van der Waals surface area contributed by atoms with Gasteiger partial charge in [0.1, 0.15) is 5.69 Å². The third kappa shape index (κ3) is 4.04. The number of halogens is 2. The van der Waals surface area contributed by atoms with Gasteiger partial charge in [-0.25, -0.2) is 4.79 Å². The Morgan fingerprint density at radius 3 is 2.75 bits per heavy atom. The van der Waals surface area contributed by atoms with Crippen molar-refractivity contribution in [1.82, 2.24) is 15.2 Å². The monoisotopic (exact) mass is 421 g/mol. The second-order valence-corrected chi connectivity index (χ2v) is 6.71. The molecule has 2 heterocycles. The molecule has 1 fully saturated rings. The molecule has 1 aliphatic heterocycles. The Labute approximate surface area is 154 Å². The number of piperidine rings is 1. The van der Waals surface area contributed by atoms with Crippen molar-refractivity contribution in [2.75, 3.05) is 26.8 Å². The normalized spacial score (nSPS) is 20.8. The van der Waals surface area contributed by atoms with E-state index in [2.05, 4.69) is 26.2 Å². The number of aryl methyl sites for hydroxylation is 1. The standard InChI is InChI=1S/C15H21BrClN3O4/c1-4-24-15(22)20-6-5-9(10(7-20)23-3)19-14(21)13-12(17)11(16)8(2)18-13/h9-10,18H,4-7H2,1-3H3,(H,19,21). The van der Waals surface area contributed by atoms with Crippen molar-refractivity contribution in [1.29, 1.82) is 0 Å². The molecule has 2 rings (SSSR count). The van der Waals surface area contributed by atoms with E-state index in [1.807, 2.05) is 6.92 Å². The summed E-state index contributed by atoms with van der Waals surface area (Å²) in [6.45, 7) is 4.76. The van der Waals surface area contributed by atoms with E-state index in [4.69, 9.17) is 21.1 Å². The van der Waals surface area contributed by atoms with Crippen LogP contribution in [0.3, 0.4) is 0 Å². The highest BCUT2D eigenvalue weighted by Gasteiger charge is 2.34. The first-order valence-electron chi connectivity index (χ1n) is 7.67. The average molecular weight is 423 g/mol. The molecule has 24 heavy (non-hydrogen) atoms. The molecular weight excluding hydrogens is 402 g/mol. The Hall–Kier alpha value is -1.25. The van der Waals surface area contributed by atoms with Gasteiger partial charge in [0.25, 0.3) is 5.91 Å². The summed E-state index contributed by atoms with van der Waals surface area (Å²) < 4.78 is 11.1. The van der Waals surface area contributed by atoms with Gasteiger partial charge in [-0.15, -0.1) is 0 Å². The molecule has 0 spiro atoms. The maximum atomic E-state index is 12.5. The molecule has 134 valence electrons. The van der Waals surface area contributed by atoms with Gasteiger partial charge in [0.05, 0.1) is 34.8 Å². The SMILES string of the molecule is CCOC(=O)N1CCC(NC(=O)c2[nH]c(C)c(Br)c2Cl)C(OC)C1. The number of rotatable bonds is 4. The molecule has 0 radical (unpaired) electrons. The molecule has 2 N–H and O–H groups in total. The van der Waals surface area contributed by atoms with Gasteiger partial charge in [-0.3, -0.25) is 4.79 Å². The molecule has 9 heteroatoms. The molecule has 7 nitrogen and oxygen atoms in total. The zero-order chi connectivity index (χ0) is 17.9. The lowest BCUT2D eigenvalue weighted by Gasteiger charge is -2.37. The number of hydrogen-bond acceptors (Lipinski definition) is 4. The maximum Gasteiger partial charge on any atom is 0.409 e. The van der Waals surface area contributed by atoms with Crippen LogP contribution in [0, 0.1) is 6.92 Å². The van der Waals surface area contributed by atoms with E-state index >= 15 is 0 Å². The molecule has 0 saturated carbocycles. The molecule has 0 bridgehead atoms. The number of carbonyl (C=O) groups is 2. The van der Waals surface area contributed by atoms with Crippen molar-refractivity contribution < 1.29 is 19.1 Å². The molecular formula is C15H21BrClN3O4. The molecule has 0 aromatic carbocycles. The quantitative estimate of drug-likeness (QED) is 0.781. The van der Waals surface area contributed by atoms with Crippen LogP contribution in [0.4, 0.5) is 4.79 Å². The molecule has 1 saturated heterocycles. The fourth-order valence-electron chi connectivity index (χ4n) is 2.67. The van der Waals surface area contributed by atoms with Crippen molar-refractivity contribution in [3.05, 3.63) is 20.9 Å². The predicted molar refractivity (Wildman–Crippen MR) is 93.5 cm³/mol. The third-order valence-corrected chi connectivity index (χ3v) is 5.58. The van der Waals surface area contributed by atoms with Gasteiger partial charge in [0.15, 0.2) is 0 Å². The number of hydrogen-bond donors (Lipinski definition) is 2. The average Bonchev–Trinajstić information content (AvgIpc) is 2.83. The molecule has 1 aromatic heterocycles. The Morgan fingerprint density at radius 2 is 2.21 bits per heavy atom. The zero-order valence-electron chi connectivity index (χ0n) is 13.8. The Kier molecular flexibility index (Phi) is 6.54. The van der Waals surface area contributed by atoms with Crippen LogP contribution in [-0.4, -0.2) is 60.8 Å². The number of H-pyrrole nitrogens is 1. The predicted octanol–water partition coefficient (Wildman–Crippen LogP) is 2.71. The highest BCUT2D eigenvalue weighted by molar-refractivity contribution is 9.10.